The molecule has 1 aliphatic heterocycles. The Morgan fingerprint density at radius 3 is 2.95 bits per heavy atom. The molecule has 3 N–H and O–H groups in total. The van der Waals surface area contributed by atoms with E-state index in [-0.39, 0.29) is 42.2 Å². The fraction of sp³-hybridized carbons (Fsp3) is 0.571. The summed E-state index contributed by atoms with van der Waals surface area (Å²) in [5, 5.41) is 0. The number of sulfonamides is 1. The van der Waals surface area contributed by atoms with Crippen LogP contribution in [0.2, 0.25) is 0 Å². The van der Waals surface area contributed by atoms with Gasteiger partial charge in [0.1, 0.15) is 6.61 Å². The van der Waals surface area contributed by atoms with E-state index in [1.165, 1.54) is 18.2 Å². The van der Waals surface area contributed by atoms with Gasteiger partial charge in [0.15, 0.2) is 11.6 Å². The monoisotopic (exact) mass is 330 g/mol. The Hall–Kier alpha value is -1.22. The van der Waals surface area contributed by atoms with Crippen molar-refractivity contribution in [2.24, 2.45) is 11.7 Å². The topological polar surface area (TPSA) is 90.6 Å². The molecule has 0 spiro atoms. The van der Waals surface area contributed by atoms with Crippen LogP contribution in [0.25, 0.3) is 0 Å². The number of hydrogen-bond donors (Lipinski definition) is 2. The van der Waals surface area contributed by atoms with Crippen molar-refractivity contribution in [1.29, 1.82) is 0 Å². The quantitative estimate of drug-likeness (QED) is 0.780. The van der Waals surface area contributed by atoms with Crippen molar-refractivity contribution in [1.82, 2.24) is 4.72 Å². The molecule has 2 aliphatic rings. The van der Waals surface area contributed by atoms with Gasteiger partial charge in [-0.1, -0.05) is 12.1 Å². The molecule has 22 heavy (non-hydrogen) atoms. The molecule has 0 radical (unpaired) electrons. The summed E-state index contributed by atoms with van der Waals surface area (Å²) in [4.78, 5) is 0. The maximum absolute atomic E-state index is 13.4. The summed E-state index contributed by atoms with van der Waals surface area (Å²) in [6.45, 7) is 0.491. The first-order chi connectivity index (χ1) is 10.5. The van der Waals surface area contributed by atoms with Crippen LogP contribution in [0.1, 0.15) is 6.42 Å². The van der Waals surface area contributed by atoms with Gasteiger partial charge in [-0.3, -0.25) is 0 Å². The molecule has 0 unspecified atom stereocenters. The van der Waals surface area contributed by atoms with Crippen LogP contribution in [-0.2, 0) is 14.8 Å². The molecule has 1 aliphatic carbocycles. The molecule has 1 aromatic carbocycles. The van der Waals surface area contributed by atoms with Crippen molar-refractivity contribution >= 4 is 10.0 Å². The van der Waals surface area contributed by atoms with Crippen LogP contribution in [0.15, 0.2) is 24.3 Å². The Morgan fingerprint density at radius 1 is 1.41 bits per heavy atom. The fourth-order valence-corrected chi connectivity index (χ4v) is 4.11. The first-order valence-electron chi connectivity index (χ1n) is 7.22. The van der Waals surface area contributed by atoms with Crippen LogP contribution in [0.3, 0.4) is 0 Å². The van der Waals surface area contributed by atoms with E-state index in [4.69, 9.17) is 15.2 Å². The van der Waals surface area contributed by atoms with Crippen molar-refractivity contribution in [3.05, 3.63) is 30.1 Å². The van der Waals surface area contributed by atoms with E-state index >= 15 is 0 Å². The van der Waals surface area contributed by atoms with Crippen molar-refractivity contribution in [2.75, 3.05) is 19.0 Å². The SMILES string of the molecule is N[C@@H]1[C@@H]2CCO[C@@H]2[C@H]1NS(=O)(=O)CCOc1ccccc1F. The summed E-state index contributed by atoms with van der Waals surface area (Å²) in [6, 6.07) is 5.27. The number of nitrogens with two attached hydrogens (primary N) is 1. The number of nitrogens with one attached hydrogen (secondary N) is 1. The average molecular weight is 330 g/mol. The van der Waals surface area contributed by atoms with Crippen LogP contribution >= 0.6 is 0 Å². The lowest BCUT2D eigenvalue weighted by molar-refractivity contribution is -0.00926. The molecule has 0 bridgehead atoms. The van der Waals surface area contributed by atoms with E-state index in [0.717, 1.165) is 6.42 Å². The molecule has 1 aromatic rings. The van der Waals surface area contributed by atoms with E-state index in [1.54, 1.807) is 6.07 Å². The third kappa shape index (κ3) is 3.10. The van der Waals surface area contributed by atoms with Crippen LogP contribution in [-0.4, -0.2) is 45.6 Å². The second kappa shape index (κ2) is 6.11. The summed E-state index contributed by atoms with van der Waals surface area (Å²) in [5.41, 5.74) is 5.97. The number of fused-ring (bicyclic) bond motifs is 1. The van der Waals surface area contributed by atoms with Gasteiger partial charge in [0.2, 0.25) is 10.0 Å². The van der Waals surface area contributed by atoms with Gasteiger partial charge in [-0.2, -0.15) is 0 Å². The maximum Gasteiger partial charge on any atom is 0.215 e. The molecule has 0 aromatic heterocycles. The molecule has 0 amide bonds. The van der Waals surface area contributed by atoms with Gasteiger partial charge in [0.25, 0.3) is 0 Å². The van der Waals surface area contributed by atoms with E-state index in [9.17, 15) is 12.8 Å². The molecule has 1 saturated carbocycles. The molecular formula is C14H19FN2O4S. The van der Waals surface area contributed by atoms with Gasteiger partial charge in [0, 0.05) is 18.6 Å². The highest BCUT2D eigenvalue weighted by Crippen LogP contribution is 2.38. The minimum absolute atomic E-state index is 0.0391. The zero-order valence-electron chi connectivity index (χ0n) is 11.9. The Bertz CT molecular complexity index is 639. The summed E-state index contributed by atoms with van der Waals surface area (Å²) < 4.78 is 50.7. The Morgan fingerprint density at radius 2 is 2.18 bits per heavy atom. The number of halogens is 1. The summed E-state index contributed by atoms with van der Waals surface area (Å²) in [7, 11) is -3.55. The van der Waals surface area contributed by atoms with Crippen LogP contribution in [0.4, 0.5) is 4.39 Å². The van der Waals surface area contributed by atoms with E-state index in [1.807, 2.05) is 0 Å². The summed E-state index contributed by atoms with van der Waals surface area (Å²) >= 11 is 0. The minimum Gasteiger partial charge on any atom is -0.489 e. The molecule has 8 heteroatoms. The largest absolute Gasteiger partial charge is 0.489 e. The fourth-order valence-electron chi connectivity index (χ4n) is 2.98. The molecule has 1 saturated heterocycles. The van der Waals surface area contributed by atoms with Crippen LogP contribution in [0, 0.1) is 11.7 Å². The maximum atomic E-state index is 13.4. The second-order valence-corrected chi connectivity index (χ2v) is 7.48. The molecule has 122 valence electrons. The first-order valence-corrected chi connectivity index (χ1v) is 8.88. The van der Waals surface area contributed by atoms with Crippen LogP contribution in [0.5, 0.6) is 5.75 Å². The summed E-state index contributed by atoms with van der Waals surface area (Å²) in [5.74, 6) is -0.502. The normalized spacial score (nSPS) is 30.6. The third-order valence-corrected chi connectivity index (χ3v) is 5.54. The Kier molecular flexibility index (Phi) is 4.35. The second-order valence-electron chi connectivity index (χ2n) is 5.61. The van der Waals surface area contributed by atoms with Crippen molar-refractivity contribution in [2.45, 2.75) is 24.6 Å². The summed E-state index contributed by atoms with van der Waals surface area (Å²) in [6.07, 6.45) is 0.748. The van der Waals surface area contributed by atoms with E-state index in [0.29, 0.717) is 6.61 Å². The lowest BCUT2D eigenvalue weighted by Crippen LogP contribution is -2.69. The van der Waals surface area contributed by atoms with E-state index in [2.05, 4.69) is 4.72 Å². The molecule has 1 heterocycles. The van der Waals surface area contributed by atoms with Gasteiger partial charge in [-0.25, -0.2) is 17.5 Å². The van der Waals surface area contributed by atoms with Gasteiger partial charge in [-0.05, 0) is 18.6 Å². The number of benzene rings is 1. The molecule has 3 rings (SSSR count). The smallest absolute Gasteiger partial charge is 0.215 e. The average Bonchev–Trinajstić information content (AvgIpc) is 2.92. The van der Waals surface area contributed by atoms with Gasteiger partial charge < -0.3 is 15.2 Å². The highest BCUT2D eigenvalue weighted by molar-refractivity contribution is 7.89. The Labute approximate surface area is 128 Å². The zero-order valence-corrected chi connectivity index (χ0v) is 12.8. The first kappa shape index (κ1) is 15.7. The van der Waals surface area contributed by atoms with E-state index < -0.39 is 15.8 Å². The molecule has 4 atom stereocenters. The third-order valence-electron chi connectivity index (χ3n) is 4.21. The Balaban J connectivity index is 1.50. The molecule has 6 nitrogen and oxygen atoms in total. The lowest BCUT2D eigenvalue weighted by atomic mass is 9.73. The van der Waals surface area contributed by atoms with Crippen molar-refractivity contribution < 1.29 is 22.3 Å². The number of rotatable bonds is 6. The number of ether oxygens (including phenoxy) is 2. The highest BCUT2D eigenvalue weighted by atomic mass is 32.2. The number of hydrogen-bond acceptors (Lipinski definition) is 5. The van der Waals surface area contributed by atoms with Gasteiger partial charge in [0.05, 0.1) is 17.9 Å². The molecule has 2 fully saturated rings. The zero-order chi connectivity index (χ0) is 15.7. The molecular weight excluding hydrogens is 311 g/mol. The van der Waals surface area contributed by atoms with Crippen molar-refractivity contribution in [3.8, 4) is 5.75 Å². The van der Waals surface area contributed by atoms with Gasteiger partial charge >= 0.3 is 0 Å². The minimum atomic E-state index is -3.55. The number of para-hydroxylation sites is 1. The predicted molar refractivity (Wildman–Crippen MR) is 78.4 cm³/mol. The van der Waals surface area contributed by atoms with Gasteiger partial charge in [-0.15, -0.1) is 0 Å². The standard InChI is InChI=1S/C14H19FN2O4S/c15-10-3-1-2-4-11(10)20-7-8-22(18,19)17-13-12(16)9-5-6-21-14(9)13/h1-4,9,12-14,17H,5-8,16H2/t9-,12+,13-,14-/m0/s1. The van der Waals surface area contributed by atoms with Crippen LogP contribution < -0.4 is 15.2 Å². The van der Waals surface area contributed by atoms with Crippen molar-refractivity contribution in [3.63, 3.8) is 0 Å². The predicted octanol–water partition coefficient (Wildman–Crippen LogP) is 0.239. The highest BCUT2D eigenvalue weighted by Gasteiger charge is 2.53. The lowest BCUT2D eigenvalue weighted by Gasteiger charge is -2.45.